The molecule has 1 aromatic heterocycles. The Bertz CT molecular complexity index is 2850. The smallest absolute Gasteiger partial charge is 0.251 e. The van der Waals surface area contributed by atoms with Gasteiger partial charge in [0.25, 0.3) is 17.7 Å². The van der Waals surface area contributed by atoms with Crippen molar-refractivity contribution < 1.29 is 43.8 Å². The number of hydrogen-bond acceptors (Lipinski definition) is 13. The lowest BCUT2D eigenvalue weighted by molar-refractivity contribution is 0.0955. The van der Waals surface area contributed by atoms with E-state index in [4.69, 9.17) is 0 Å². The maximum absolute atomic E-state index is 12.4. The van der Waals surface area contributed by atoms with Crippen molar-refractivity contribution >= 4 is 248 Å². The van der Waals surface area contributed by atoms with E-state index in [9.17, 15) is 43.8 Å². The zero-order chi connectivity index (χ0) is 52.3. The summed E-state index contributed by atoms with van der Waals surface area (Å²) in [6.45, 7) is 0. The summed E-state index contributed by atoms with van der Waals surface area (Å²) in [5, 5.41) is 18.7. The minimum Gasteiger partial charge on any atom is -0.355 e. The Balaban J connectivity index is 0.000000311. The molecular formula is C35H29Br12N7O10S4. The lowest BCUT2D eigenvalue weighted by Gasteiger charge is -2.14. The predicted octanol–water partition coefficient (Wildman–Crippen LogP) is 10.3. The molecule has 372 valence electrons. The van der Waals surface area contributed by atoms with Crippen LogP contribution in [0.3, 0.4) is 0 Å². The van der Waals surface area contributed by atoms with Gasteiger partial charge in [0.2, 0.25) is 39.1 Å². The molecular weight excluding hydrogens is 1770 g/mol. The summed E-state index contributed by atoms with van der Waals surface area (Å²) in [5.41, 5.74) is 1.59. The predicted molar refractivity (Wildman–Crippen MR) is 307 cm³/mol. The van der Waals surface area contributed by atoms with Crippen LogP contribution < -0.4 is 16.0 Å². The fourth-order valence-electron chi connectivity index (χ4n) is 4.39. The van der Waals surface area contributed by atoms with E-state index in [0.717, 1.165) is 5.69 Å². The molecule has 0 saturated heterocycles. The van der Waals surface area contributed by atoms with Crippen LogP contribution >= 0.6 is 190 Å². The van der Waals surface area contributed by atoms with Crippen LogP contribution in [0.4, 0.5) is 0 Å². The minimum absolute atomic E-state index is 0.0317. The first kappa shape index (κ1) is 64.1. The monoisotopic (exact) mass is 1780 g/mol. The van der Waals surface area contributed by atoms with Gasteiger partial charge in [-0.05, 0) is 252 Å². The first-order chi connectivity index (χ1) is 31.1. The van der Waals surface area contributed by atoms with Gasteiger partial charge < -0.3 is 16.0 Å². The van der Waals surface area contributed by atoms with Crippen molar-refractivity contribution in [3.8, 4) is 5.69 Å². The molecule has 3 amide bonds. The van der Waals surface area contributed by atoms with Gasteiger partial charge >= 0.3 is 0 Å². The molecule has 1 unspecified atom stereocenters. The van der Waals surface area contributed by atoms with E-state index in [1.54, 1.807) is 0 Å². The van der Waals surface area contributed by atoms with Crippen molar-refractivity contribution in [2.75, 3.05) is 21.1 Å². The maximum Gasteiger partial charge on any atom is 0.251 e. The Morgan fingerprint density at radius 1 is 0.500 bits per heavy atom. The number of nitrogens with one attached hydrogen (secondary N) is 3. The maximum atomic E-state index is 12.4. The van der Waals surface area contributed by atoms with E-state index in [1.165, 1.54) is 98.6 Å². The van der Waals surface area contributed by atoms with Crippen molar-refractivity contribution in [3.05, 3.63) is 120 Å². The van der Waals surface area contributed by atoms with Crippen LogP contribution in [0.5, 0.6) is 0 Å². The van der Waals surface area contributed by atoms with Gasteiger partial charge in [-0.25, -0.2) is 29.5 Å². The van der Waals surface area contributed by atoms with Crippen LogP contribution in [0.15, 0.2) is 123 Å². The fourth-order valence-corrected chi connectivity index (χ4v) is 14.0. The molecule has 0 spiro atoms. The van der Waals surface area contributed by atoms with Crippen LogP contribution in [0.1, 0.15) is 31.1 Å². The average Bonchev–Trinajstić information content (AvgIpc) is 3.79. The molecule has 0 fully saturated rings. The molecule has 0 saturated carbocycles. The van der Waals surface area contributed by atoms with E-state index in [-0.39, 0.29) is 54.3 Å². The highest BCUT2D eigenvalue weighted by molar-refractivity contribution is 9.55. The number of aromatic nitrogens is 4. The Morgan fingerprint density at radius 2 is 0.809 bits per heavy atom. The zero-order valence-corrected chi connectivity index (χ0v) is 56.2. The molecule has 1 heterocycles. The summed E-state index contributed by atoms with van der Waals surface area (Å²) >= 11 is 36.0. The fraction of sp³-hybridized carbons (Fsp3) is 0.171. The van der Waals surface area contributed by atoms with E-state index < -0.39 is 41.9 Å². The van der Waals surface area contributed by atoms with Gasteiger partial charge in [-0.15, -0.1) is 0 Å². The van der Waals surface area contributed by atoms with E-state index in [2.05, 4.69) is 222 Å². The quantitative estimate of drug-likeness (QED) is 0.0744. The van der Waals surface area contributed by atoms with Crippen LogP contribution in [0.2, 0.25) is 0 Å². The molecule has 1 atom stereocenters. The number of para-hydroxylation sites is 1. The number of carbonyl (C=O) groups is 3. The third-order valence-electron chi connectivity index (χ3n) is 7.69. The molecule has 4 aromatic carbocycles. The summed E-state index contributed by atoms with van der Waals surface area (Å²) in [7, 11) is -9.25. The van der Waals surface area contributed by atoms with Gasteiger partial charge in [0.05, 0.1) is 20.4 Å². The Morgan fingerprint density at radius 3 is 1.07 bits per heavy atom. The van der Waals surface area contributed by atoms with Gasteiger partial charge in [-0.3, -0.25) is 14.4 Å². The lowest BCUT2D eigenvalue weighted by atomic mass is 10.2. The molecule has 3 N–H and O–H groups in total. The largest absolute Gasteiger partial charge is 0.355 e. The molecule has 0 aliphatic heterocycles. The number of carbonyl (C=O) groups excluding carboxylic acids is 3. The summed E-state index contributed by atoms with van der Waals surface area (Å²) in [6.07, 6.45) is 0. The van der Waals surface area contributed by atoms with Gasteiger partial charge in [0.15, 0.2) is 0 Å². The number of nitrogens with zero attached hydrogens (tertiary/aromatic N) is 4. The number of benzene rings is 4. The third-order valence-corrected chi connectivity index (χ3v) is 32.0. The highest BCUT2D eigenvalue weighted by Crippen LogP contribution is 2.45. The molecule has 5 aromatic rings. The number of rotatable bonds is 8. The van der Waals surface area contributed by atoms with Gasteiger partial charge in [-0.1, -0.05) is 41.5 Å². The molecule has 0 bridgehead atoms. The van der Waals surface area contributed by atoms with Gasteiger partial charge in [-0.2, -0.15) is 4.68 Å². The van der Waals surface area contributed by atoms with Gasteiger partial charge in [0.1, 0.15) is 10.6 Å². The first-order valence-electron chi connectivity index (χ1n) is 17.3. The summed E-state index contributed by atoms with van der Waals surface area (Å²) < 4.78 is 82.1. The van der Waals surface area contributed by atoms with Crippen molar-refractivity contribution in [3.63, 3.8) is 0 Å². The summed E-state index contributed by atoms with van der Waals surface area (Å²) in [5.74, 6) is -1.02. The number of amides is 3. The molecule has 0 radical (unpaired) electrons. The molecule has 33 heteroatoms. The van der Waals surface area contributed by atoms with Crippen molar-refractivity contribution in [1.29, 1.82) is 0 Å². The second-order valence-electron chi connectivity index (χ2n) is 12.1. The van der Waals surface area contributed by atoms with E-state index in [0.29, 0.717) is 2.68 Å². The lowest BCUT2D eigenvalue weighted by Crippen LogP contribution is -2.20. The van der Waals surface area contributed by atoms with Crippen LogP contribution in [-0.2, 0) is 37.5 Å². The number of hydrogen-bond donors (Lipinski definition) is 3. The molecule has 5 rings (SSSR count). The van der Waals surface area contributed by atoms with Crippen molar-refractivity contribution in [1.82, 2.24) is 36.2 Å². The third kappa shape index (κ3) is 17.3. The highest BCUT2D eigenvalue weighted by Gasteiger charge is 2.39. The number of tetrazole rings is 1. The number of sulfone groups is 3. The Hall–Kier alpha value is -0.0100. The van der Waals surface area contributed by atoms with Gasteiger partial charge in [0, 0.05) is 52.6 Å². The molecule has 0 aliphatic carbocycles. The first-order valence-corrected chi connectivity index (χ1v) is 33.9. The standard InChI is InChI=1S/3C9H8Br3NO3S.C8H5Br3N4OS/c3*1-13-8(14)6-3-2-4-7(5-6)17(15,16)9(10,11)12;9-7(10)17(11,16)8-12-13-14-15(8)6-4-2-1-3-5-6/h3*2-5H,1H3,(H,13,14);1-5H. The van der Waals surface area contributed by atoms with Crippen molar-refractivity contribution in [2.45, 2.75) is 24.3 Å². The minimum atomic E-state index is -3.67. The molecule has 0 aliphatic rings. The normalized spacial score (nSPS) is 12.8. The number of alkyl halides is 9. The van der Waals surface area contributed by atoms with Crippen molar-refractivity contribution in [2.24, 2.45) is 0 Å². The number of halogens is 12. The Kier molecular flexibility index (Phi) is 25.4. The molecule has 68 heavy (non-hydrogen) atoms. The average molecular weight is 1790 g/mol. The zero-order valence-electron chi connectivity index (χ0n) is 33.9. The van der Waals surface area contributed by atoms with E-state index >= 15 is 0 Å². The Labute approximate surface area is 491 Å². The van der Waals surface area contributed by atoms with E-state index in [1.807, 2.05) is 30.3 Å². The highest BCUT2D eigenvalue weighted by atomic mass is 80.0. The summed E-state index contributed by atoms with van der Waals surface area (Å²) in [6, 6.07) is 26.6. The SMILES string of the molecule is CNC(=O)c1cccc(S(=O)(=O)C(Br)(Br)Br)c1.CNC(=O)c1cccc(S(=O)(=O)C(Br)(Br)Br)c1.CNC(=O)c1cccc(S(=O)(=O)C(Br)(Br)Br)c1.O=S(Br)(=C(Br)Br)c1nnnn1-c1ccccc1. The topological polar surface area (TPSA) is 250 Å². The van der Waals surface area contributed by atoms with Crippen LogP contribution in [-0.4, -0.2) is 95.6 Å². The second kappa shape index (κ2) is 27.0. The molecule has 17 nitrogen and oxygen atoms in total. The summed E-state index contributed by atoms with van der Waals surface area (Å²) in [4.78, 5) is 34.3. The second-order valence-corrected chi connectivity index (χ2v) is 51.5. The van der Waals surface area contributed by atoms with Crippen LogP contribution in [0, 0.1) is 0 Å². The van der Waals surface area contributed by atoms with Crippen LogP contribution in [0.25, 0.3) is 5.69 Å².